The number of nitrogens with one attached hydrogen (secondary N) is 2. The first-order valence-corrected chi connectivity index (χ1v) is 7.57. The molecule has 0 unspecified atom stereocenters. The van der Waals surface area contributed by atoms with Crippen LogP contribution in [0.3, 0.4) is 0 Å². The van der Waals surface area contributed by atoms with Crippen molar-refractivity contribution in [2.75, 3.05) is 13.7 Å². The Morgan fingerprint density at radius 1 is 1.00 bits per heavy atom. The average Bonchev–Trinajstić information content (AvgIpc) is 2.55. The van der Waals surface area contributed by atoms with Crippen LogP contribution >= 0.6 is 0 Å². The summed E-state index contributed by atoms with van der Waals surface area (Å²) in [5.41, 5.74) is 0. The van der Waals surface area contributed by atoms with E-state index in [0.717, 1.165) is 27.7 Å². The fourth-order valence-electron chi connectivity index (χ4n) is 2.46. The zero-order chi connectivity index (χ0) is 20.9. The van der Waals surface area contributed by atoms with Crippen LogP contribution in [0.1, 0.15) is 27.7 Å². The molecule has 0 spiro atoms. The lowest BCUT2D eigenvalue weighted by molar-refractivity contribution is -0.272. The van der Waals surface area contributed by atoms with Gasteiger partial charge in [0.05, 0.1) is 0 Å². The molecule has 0 aliphatic carbocycles. The zero-order valence-electron chi connectivity index (χ0n) is 16.8. The molecule has 1 heterocycles. The van der Waals surface area contributed by atoms with E-state index in [2.05, 4.69) is 0 Å². The van der Waals surface area contributed by atoms with E-state index >= 15 is 0 Å². The molecular weight excluding hydrogens is 336 g/mol. The van der Waals surface area contributed by atoms with Crippen LogP contribution < -0.4 is 10.6 Å². The Morgan fingerprint density at radius 2 is 1.56 bits per heavy atom. The Morgan fingerprint density at radius 3 is 2.00 bits per heavy atom. The molecule has 1 aliphatic heterocycles. The van der Waals surface area contributed by atoms with Crippen molar-refractivity contribution in [3.8, 4) is 0 Å². The van der Waals surface area contributed by atoms with Crippen molar-refractivity contribution in [1.82, 2.24) is 10.6 Å². The Hall–Kier alpha value is -2.20. The highest BCUT2D eigenvalue weighted by molar-refractivity contribution is 5.74. The van der Waals surface area contributed by atoms with Crippen molar-refractivity contribution in [2.45, 2.75) is 58.3 Å². The molecular formula is C15H24N2O8. The maximum atomic E-state index is 11.8. The van der Waals surface area contributed by atoms with E-state index in [1.54, 1.807) is 0 Å². The quantitative estimate of drug-likeness (QED) is 0.567. The number of hydrogen-bond donors (Lipinski definition) is 2. The van der Waals surface area contributed by atoms with Crippen molar-refractivity contribution in [3.63, 3.8) is 0 Å². The third kappa shape index (κ3) is 6.31. The topological polar surface area (TPSA) is 129 Å². The van der Waals surface area contributed by atoms with Crippen LogP contribution in [0.15, 0.2) is 0 Å². The Labute approximate surface area is 148 Å². The largest absolute Gasteiger partial charge is 0.457 e. The maximum absolute atomic E-state index is 11.8. The Kier molecular flexibility index (Phi) is 6.57. The highest BCUT2D eigenvalue weighted by atomic mass is 16.7. The molecule has 10 nitrogen and oxygen atoms in total. The number of carbonyl (C=O) groups excluding carboxylic acids is 4. The van der Waals surface area contributed by atoms with E-state index in [1.165, 1.54) is 7.11 Å². The van der Waals surface area contributed by atoms with Crippen molar-refractivity contribution in [1.29, 1.82) is 0 Å². The van der Waals surface area contributed by atoms with Gasteiger partial charge in [-0.15, -0.1) is 0 Å². The lowest BCUT2D eigenvalue weighted by Crippen LogP contribution is -2.67. The third-order valence-electron chi connectivity index (χ3n) is 3.28. The highest BCUT2D eigenvalue weighted by Gasteiger charge is 2.50. The van der Waals surface area contributed by atoms with Crippen molar-refractivity contribution in [3.05, 3.63) is 0 Å². The molecule has 2 amide bonds. The predicted octanol–water partition coefficient (Wildman–Crippen LogP) is -1.14. The van der Waals surface area contributed by atoms with Gasteiger partial charge in [0.1, 0.15) is 12.1 Å². The van der Waals surface area contributed by atoms with Gasteiger partial charge in [-0.05, 0) is 0 Å². The van der Waals surface area contributed by atoms with Gasteiger partial charge < -0.3 is 29.6 Å². The van der Waals surface area contributed by atoms with Crippen LogP contribution in [-0.2, 0) is 38.1 Å². The van der Waals surface area contributed by atoms with Gasteiger partial charge >= 0.3 is 11.9 Å². The minimum atomic E-state index is -1.29. The van der Waals surface area contributed by atoms with Gasteiger partial charge in [-0.25, -0.2) is 0 Å². The Bertz CT molecular complexity index is 590. The van der Waals surface area contributed by atoms with E-state index in [-0.39, 0.29) is 6.54 Å². The van der Waals surface area contributed by atoms with E-state index in [0.29, 0.717) is 10.6 Å². The Balaban J connectivity index is 3.37. The standard InChI is InChI=1S/C15H24N2O8/c1-7(18)16-6-11-13(23-9(3)20)12(17-8(2)19)14(24-10(4)21)15(22-5)25-11/h11-15H,6H2,1-5H3,(H,16,18)(H,17,19)/t11-,12+,13-,14+,15+/m1/s1/i/hD2. The highest BCUT2D eigenvalue weighted by Crippen LogP contribution is 2.26. The molecule has 0 aromatic carbocycles. The minimum Gasteiger partial charge on any atom is -0.457 e. The molecule has 0 aromatic rings. The normalized spacial score (nSPS) is 29.7. The number of methoxy groups -OCH3 is 1. The molecule has 1 saturated heterocycles. The minimum absolute atomic E-state index is 0.331. The number of hydrogen-bond acceptors (Lipinski definition) is 8. The third-order valence-corrected chi connectivity index (χ3v) is 3.28. The molecule has 1 fully saturated rings. The SMILES string of the molecule is [2H]N(C[C@H]1O[C@H](OC)[C@@H](OC(C)=O)[C@@H](N([2H])C(C)=O)[C@@H]1OC(C)=O)C(C)=O. The number of amides is 2. The number of esters is 2. The van der Waals surface area contributed by atoms with Crippen LogP contribution in [-0.4, -0.2) is 68.1 Å². The lowest BCUT2D eigenvalue weighted by Gasteiger charge is -2.44. The maximum Gasteiger partial charge on any atom is 0.303 e. The summed E-state index contributed by atoms with van der Waals surface area (Å²) in [5.74, 6) is -2.77. The average molecular weight is 362 g/mol. The van der Waals surface area contributed by atoms with Crippen molar-refractivity contribution in [2.24, 2.45) is 0 Å². The second-order valence-electron chi connectivity index (χ2n) is 5.43. The van der Waals surface area contributed by atoms with Crippen LogP contribution in [0.25, 0.3) is 0 Å². The molecule has 142 valence electrons. The smallest absolute Gasteiger partial charge is 0.303 e. The summed E-state index contributed by atoms with van der Waals surface area (Å²) in [6.45, 7) is 4.18. The zero-order valence-corrected chi connectivity index (χ0v) is 14.8. The van der Waals surface area contributed by atoms with E-state index in [1.807, 2.05) is 0 Å². The summed E-state index contributed by atoms with van der Waals surface area (Å²) < 4.78 is 36.9. The lowest BCUT2D eigenvalue weighted by atomic mass is 9.95. The van der Waals surface area contributed by atoms with Gasteiger partial charge in [-0.2, -0.15) is 0 Å². The van der Waals surface area contributed by atoms with Gasteiger partial charge in [-0.1, -0.05) is 0 Å². The van der Waals surface area contributed by atoms with E-state index < -0.39 is 54.4 Å². The van der Waals surface area contributed by atoms with Gasteiger partial charge in [0.15, 0.2) is 21.3 Å². The molecule has 1 aliphatic rings. The first kappa shape index (κ1) is 17.6. The molecule has 0 bridgehead atoms. The van der Waals surface area contributed by atoms with Crippen molar-refractivity contribution < 1.29 is 40.9 Å². The number of carbonyl (C=O) groups is 4. The first-order chi connectivity index (χ1) is 12.5. The predicted molar refractivity (Wildman–Crippen MR) is 83.1 cm³/mol. The summed E-state index contributed by atoms with van der Waals surface area (Å²) in [6, 6.07) is -1.28. The monoisotopic (exact) mass is 362 g/mol. The van der Waals surface area contributed by atoms with Crippen LogP contribution in [0.4, 0.5) is 0 Å². The number of ether oxygens (including phenoxy) is 4. The van der Waals surface area contributed by atoms with E-state index in [9.17, 15) is 19.2 Å². The number of rotatable bonds is 6. The molecule has 0 radical (unpaired) electrons. The van der Waals surface area contributed by atoms with Crippen LogP contribution in [0.2, 0.25) is 2.82 Å². The van der Waals surface area contributed by atoms with Gasteiger partial charge in [0.2, 0.25) is 11.8 Å². The van der Waals surface area contributed by atoms with Crippen LogP contribution in [0.5, 0.6) is 0 Å². The summed E-state index contributed by atoms with van der Waals surface area (Å²) in [7, 11) is 1.26. The van der Waals surface area contributed by atoms with E-state index in [4.69, 9.17) is 21.8 Å². The van der Waals surface area contributed by atoms with Gasteiger partial charge in [-0.3, -0.25) is 19.2 Å². The molecule has 10 heteroatoms. The van der Waals surface area contributed by atoms with Gasteiger partial charge in [0, 0.05) is 41.3 Å². The molecule has 5 atom stereocenters. The second-order valence-corrected chi connectivity index (χ2v) is 5.43. The fourth-order valence-corrected chi connectivity index (χ4v) is 2.46. The fraction of sp³-hybridized carbons (Fsp3) is 0.733. The summed E-state index contributed by atoms with van der Waals surface area (Å²) >= 11 is 0. The molecule has 25 heavy (non-hydrogen) atoms. The summed E-state index contributed by atoms with van der Waals surface area (Å²) in [6.07, 6.45) is -4.88. The first-order valence-electron chi connectivity index (χ1n) is 8.47. The summed E-state index contributed by atoms with van der Waals surface area (Å²) in [4.78, 5) is 46.3. The molecule has 0 aromatic heterocycles. The second kappa shape index (κ2) is 9.33. The van der Waals surface area contributed by atoms with Crippen LogP contribution in [0, 0.1) is 0 Å². The van der Waals surface area contributed by atoms with Crippen molar-refractivity contribution >= 4 is 23.8 Å². The summed E-state index contributed by atoms with van der Waals surface area (Å²) in [5, 5.41) is 1.09. The molecule has 1 rings (SSSR count). The van der Waals surface area contributed by atoms with Gasteiger partial charge in [0.25, 0.3) is 0 Å². The molecule has 2 N–H and O–H groups in total. The molecule has 0 saturated carbocycles.